The fourth-order valence-corrected chi connectivity index (χ4v) is 3.89. The van der Waals surface area contributed by atoms with Crippen LogP contribution in [-0.2, 0) is 17.4 Å². The molecule has 0 fully saturated rings. The van der Waals surface area contributed by atoms with E-state index in [1.165, 1.54) is 12.1 Å². The van der Waals surface area contributed by atoms with Crippen LogP contribution < -0.4 is 9.88 Å². The molecule has 0 aliphatic rings. The maximum atomic E-state index is 13.8. The second-order valence-corrected chi connectivity index (χ2v) is 9.49. The molecule has 0 spiro atoms. The maximum absolute atomic E-state index is 13.8. The van der Waals surface area contributed by atoms with Crippen LogP contribution in [0.1, 0.15) is 37.6 Å². The number of imidazole rings is 1. The SMILES string of the molecule is COc1ccc(-n2ccnc2[C@@H](Cc2cc(F)cc(F)c2)CC(C)(C)S(N)=O)cc1. The molecule has 0 saturated carbocycles. The number of halogens is 2. The van der Waals surface area contributed by atoms with Crippen LogP contribution in [0.4, 0.5) is 8.78 Å². The van der Waals surface area contributed by atoms with Crippen molar-refractivity contribution in [2.75, 3.05) is 7.11 Å². The molecular formula is C22H25F2N3O2S. The summed E-state index contributed by atoms with van der Waals surface area (Å²) in [5.74, 6) is -0.117. The largest absolute Gasteiger partial charge is 0.497 e. The van der Waals surface area contributed by atoms with Gasteiger partial charge >= 0.3 is 0 Å². The van der Waals surface area contributed by atoms with Crippen LogP contribution in [0.25, 0.3) is 5.69 Å². The Labute approximate surface area is 177 Å². The van der Waals surface area contributed by atoms with Gasteiger partial charge in [-0.25, -0.2) is 18.0 Å². The first-order valence-corrected chi connectivity index (χ1v) is 10.7. The number of methoxy groups -OCH3 is 1. The van der Waals surface area contributed by atoms with E-state index in [-0.39, 0.29) is 5.92 Å². The van der Waals surface area contributed by atoms with E-state index in [0.717, 1.165) is 17.5 Å². The molecule has 2 atom stereocenters. The van der Waals surface area contributed by atoms with Crippen molar-refractivity contribution >= 4 is 11.0 Å². The van der Waals surface area contributed by atoms with E-state index in [0.29, 0.717) is 24.2 Å². The van der Waals surface area contributed by atoms with Crippen LogP contribution in [0.15, 0.2) is 54.9 Å². The van der Waals surface area contributed by atoms with Gasteiger partial charge in [0.05, 0.1) is 22.8 Å². The van der Waals surface area contributed by atoms with Crippen LogP contribution in [0.5, 0.6) is 5.75 Å². The fraction of sp³-hybridized carbons (Fsp3) is 0.318. The van der Waals surface area contributed by atoms with Gasteiger partial charge in [0.25, 0.3) is 0 Å². The predicted molar refractivity (Wildman–Crippen MR) is 114 cm³/mol. The fourth-order valence-electron chi connectivity index (χ4n) is 3.52. The number of hydrogen-bond donors (Lipinski definition) is 1. The number of rotatable bonds is 8. The van der Waals surface area contributed by atoms with Crippen molar-refractivity contribution in [1.29, 1.82) is 0 Å². The molecular weight excluding hydrogens is 408 g/mol. The quantitative estimate of drug-likeness (QED) is 0.577. The summed E-state index contributed by atoms with van der Waals surface area (Å²) in [6.07, 6.45) is 4.23. The first-order valence-electron chi connectivity index (χ1n) is 9.48. The van der Waals surface area contributed by atoms with E-state index in [4.69, 9.17) is 9.88 Å². The number of ether oxygens (including phenoxy) is 1. The van der Waals surface area contributed by atoms with Crippen LogP contribution >= 0.6 is 0 Å². The van der Waals surface area contributed by atoms with E-state index >= 15 is 0 Å². The smallest absolute Gasteiger partial charge is 0.126 e. The Morgan fingerprint density at radius 3 is 2.37 bits per heavy atom. The molecule has 1 heterocycles. The maximum Gasteiger partial charge on any atom is 0.126 e. The zero-order chi connectivity index (χ0) is 21.9. The third-order valence-electron chi connectivity index (χ3n) is 5.07. The first kappa shape index (κ1) is 22.1. The van der Waals surface area contributed by atoms with Gasteiger partial charge in [0.2, 0.25) is 0 Å². The highest BCUT2D eigenvalue weighted by atomic mass is 32.2. The van der Waals surface area contributed by atoms with Gasteiger partial charge in [-0.15, -0.1) is 0 Å². The Hall–Kier alpha value is -2.58. The minimum Gasteiger partial charge on any atom is -0.497 e. The molecule has 0 saturated heterocycles. The van der Waals surface area contributed by atoms with Gasteiger partial charge in [-0.1, -0.05) is 0 Å². The summed E-state index contributed by atoms with van der Waals surface area (Å²) in [6.45, 7) is 3.62. The zero-order valence-corrected chi connectivity index (χ0v) is 18.0. The number of benzene rings is 2. The van der Waals surface area contributed by atoms with Crippen molar-refractivity contribution in [3.05, 3.63) is 77.9 Å². The van der Waals surface area contributed by atoms with Crippen molar-refractivity contribution in [2.24, 2.45) is 5.14 Å². The minimum absolute atomic E-state index is 0.272. The molecule has 3 aromatic rings. The summed E-state index contributed by atoms with van der Waals surface area (Å²) in [4.78, 5) is 4.52. The van der Waals surface area contributed by atoms with Gasteiger partial charge in [0, 0.05) is 30.1 Å². The Kier molecular flexibility index (Phi) is 6.67. The molecule has 30 heavy (non-hydrogen) atoms. The van der Waals surface area contributed by atoms with E-state index in [1.807, 2.05) is 48.9 Å². The summed E-state index contributed by atoms with van der Waals surface area (Å²) < 4.78 is 46.0. The highest BCUT2D eigenvalue weighted by Gasteiger charge is 2.31. The molecule has 1 unspecified atom stereocenters. The lowest BCUT2D eigenvalue weighted by Gasteiger charge is -2.28. The summed E-state index contributed by atoms with van der Waals surface area (Å²) in [5.41, 5.74) is 1.37. The topological polar surface area (TPSA) is 70.1 Å². The van der Waals surface area contributed by atoms with Crippen molar-refractivity contribution in [3.8, 4) is 11.4 Å². The average molecular weight is 434 g/mol. The predicted octanol–water partition coefficient (Wildman–Crippen LogP) is 4.28. The number of aromatic nitrogens is 2. The Morgan fingerprint density at radius 1 is 1.17 bits per heavy atom. The van der Waals surface area contributed by atoms with Crippen molar-refractivity contribution in [1.82, 2.24) is 9.55 Å². The van der Waals surface area contributed by atoms with E-state index < -0.39 is 27.4 Å². The lowest BCUT2D eigenvalue weighted by molar-refractivity contribution is 0.414. The van der Waals surface area contributed by atoms with E-state index in [9.17, 15) is 13.0 Å². The van der Waals surface area contributed by atoms with Gasteiger partial charge < -0.3 is 9.30 Å². The van der Waals surface area contributed by atoms with Crippen molar-refractivity contribution in [2.45, 2.75) is 37.4 Å². The normalized spacial score (nSPS) is 13.8. The number of nitrogens with zero attached hydrogens (tertiary/aromatic N) is 2. The average Bonchev–Trinajstić information content (AvgIpc) is 3.16. The third-order valence-corrected chi connectivity index (χ3v) is 6.33. The summed E-state index contributed by atoms with van der Waals surface area (Å²) >= 11 is 0. The van der Waals surface area contributed by atoms with E-state index in [1.54, 1.807) is 13.3 Å². The molecule has 0 bridgehead atoms. The summed E-state index contributed by atoms with van der Waals surface area (Å²) in [7, 11) is 0.0160. The molecule has 160 valence electrons. The third kappa shape index (κ3) is 5.12. The molecule has 0 aliphatic heterocycles. The van der Waals surface area contributed by atoms with Crippen LogP contribution in [-0.4, -0.2) is 25.6 Å². The van der Waals surface area contributed by atoms with Gasteiger partial charge in [-0.3, -0.25) is 5.14 Å². The monoisotopic (exact) mass is 433 g/mol. The first-order chi connectivity index (χ1) is 14.2. The van der Waals surface area contributed by atoms with Crippen LogP contribution in [0.2, 0.25) is 0 Å². The van der Waals surface area contributed by atoms with Gasteiger partial charge in [0.1, 0.15) is 23.2 Å². The van der Waals surface area contributed by atoms with E-state index in [2.05, 4.69) is 4.98 Å². The van der Waals surface area contributed by atoms with Gasteiger partial charge in [-0.2, -0.15) is 0 Å². The van der Waals surface area contributed by atoms with Crippen LogP contribution in [0.3, 0.4) is 0 Å². The number of nitrogens with two attached hydrogens (primary N) is 1. The van der Waals surface area contributed by atoms with Crippen LogP contribution in [0, 0.1) is 11.6 Å². The minimum atomic E-state index is -1.58. The molecule has 0 radical (unpaired) electrons. The molecule has 2 aromatic carbocycles. The lowest BCUT2D eigenvalue weighted by Crippen LogP contribution is -2.34. The Balaban J connectivity index is 2.01. The highest BCUT2D eigenvalue weighted by molar-refractivity contribution is 7.84. The summed E-state index contributed by atoms with van der Waals surface area (Å²) in [6, 6.07) is 10.9. The lowest BCUT2D eigenvalue weighted by atomic mass is 9.89. The number of hydrogen-bond acceptors (Lipinski definition) is 3. The van der Waals surface area contributed by atoms with Gasteiger partial charge in [0.15, 0.2) is 0 Å². The standard InChI is InChI=1S/C22H25F2N3O2S/c1-22(2,30(25)28)14-16(10-15-11-17(23)13-18(24)12-15)21-26-8-9-27(21)19-4-6-20(29-3)7-5-19/h4-9,11-13,16H,10,14,25H2,1-3H3/t16-,30?/m0/s1. The van der Waals surface area contributed by atoms with Crippen molar-refractivity contribution < 1.29 is 17.7 Å². The molecule has 0 amide bonds. The second-order valence-electron chi connectivity index (χ2n) is 7.79. The molecule has 3 rings (SSSR count). The van der Waals surface area contributed by atoms with Crippen molar-refractivity contribution in [3.63, 3.8) is 0 Å². The Bertz CT molecular complexity index is 1010. The summed E-state index contributed by atoms with van der Waals surface area (Å²) in [5, 5.41) is 5.71. The second kappa shape index (κ2) is 9.06. The van der Waals surface area contributed by atoms with Gasteiger partial charge in [-0.05, 0) is 68.7 Å². The molecule has 1 aromatic heterocycles. The Morgan fingerprint density at radius 2 is 1.80 bits per heavy atom. The molecule has 2 N–H and O–H groups in total. The molecule has 0 aliphatic carbocycles. The molecule has 5 nitrogen and oxygen atoms in total. The molecule has 8 heteroatoms. The zero-order valence-electron chi connectivity index (χ0n) is 17.1. The highest BCUT2D eigenvalue weighted by Crippen LogP contribution is 2.33.